The van der Waals surface area contributed by atoms with Gasteiger partial charge in [0, 0.05) is 31.8 Å². The third kappa shape index (κ3) is 5.69. The molecule has 3 aromatic rings. The number of hydrogen-bond donors (Lipinski definition) is 2. The minimum atomic E-state index is 0.601. The van der Waals surface area contributed by atoms with Gasteiger partial charge in [-0.1, -0.05) is 42.5 Å². The van der Waals surface area contributed by atoms with Crippen molar-refractivity contribution in [2.45, 2.75) is 6.42 Å². The predicted molar refractivity (Wildman–Crippen MR) is 113 cm³/mol. The highest BCUT2D eigenvalue weighted by molar-refractivity contribution is 5.64. The minimum absolute atomic E-state index is 0.601. The van der Waals surface area contributed by atoms with Gasteiger partial charge in [0.05, 0.1) is 19.4 Å². The monoisotopic (exact) mass is 378 g/mol. The lowest BCUT2D eigenvalue weighted by Gasteiger charge is -2.11. The molecule has 0 saturated heterocycles. The first-order valence-electron chi connectivity index (χ1n) is 9.32. The average molecular weight is 378 g/mol. The van der Waals surface area contributed by atoms with Crippen LogP contribution in [0, 0.1) is 0 Å². The predicted octanol–water partition coefficient (Wildman–Crippen LogP) is 3.87. The van der Waals surface area contributed by atoms with Crippen LogP contribution < -0.4 is 15.4 Å². The van der Waals surface area contributed by atoms with E-state index in [4.69, 9.17) is 9.47 Å². The zero-order chi connectivity index (χ0) is 19.6. The van der Waals surface area contributed by atoms with Crippen LogP contribution in [0.15, 0.2) is 60.7 Å². The van der Waals surface area contributed by atoms with Crippen molar-refractivity contribution in [2.75, 3.05) is 44.5 Å². The maximum atomic E-state index is 5.28. The second-order valence-corrected chi connectivity index (χ2v) is 6.28. The molecule has 0 aliphatic rings. The zero-order valence-corrected chi connectivity index (χ0v) is 16.3. The van der Waals surface area contributed by atoms with Crippen LogP contribution in [-0.2, 0) is 11.2 Å². The summed E-state index contributed by atoms with van der Waals surface area (Å²) in [7, 11) is 3.36. The minimum Gasteiger partial charge on any atom is -0.497 e. The lowest BCUT2D eigenvalue weighted by atomic mass is 10.1. The van der Waals surface area contributed by atoms with Crippen molar-refractivity contribution in [3.63, 3.8) is 0 Å². The van der Waals surface area contributed by atoms with E-state index in [1.54, 1.807) is 14.2 Å². The Bertz CT molecular complexity index is 871. The van der Waals surface area contributed by atoms with Crippen LogP contribution in [-0.4, -0.2) is 43.9 Å². The van der Waals surface area contributed by atoms with E-state index in [-0.39, 0.29) is 0 Å². The molecule has 1 heterocycles. The molecule has 1 aromatic heterocycles. The molecule has 0 saturated carbocycles. The van der Waals surface area contributed by atoms with Crippen LogP contribution in [0.5, 0.6) is 5.75 Å². The number of nitrogens with zero attached hydrogens (tertiary/aromatic N) is 2. The van der Waals surface area contributed by atoms with Gasteiger partial charge in [-0.05, 0) is 24.1 Å². The van der Waals surface area contributed by atoms with Crippen molar-refractivity contribution >= 4 is 11.8 Å². The molecule has 0 unspecified atom stereocenters. The highest BCUT2D eigenvalue weighted by Gasteiger charge is 2.07. The van der Waals surface area contributed by atoms with Gasteiger partial charge in [-0.2, -0.15) is 4.98 Å². The second-order valence-electron chi connectivity index (χ2n) is 6.28. The number of nitrogens with one attached hydrogen (secondary N) is 2. The van der Waals surface area contributed by atoms with Crippen LogP contribution in [0.4, 0.5) is 11.8 Å². The number of hydrogen-bond acceptors (Lipinski definition) is 6. The fraction of sp³-hybridized carbons (Fsp3) is 0.273. The van der Waals surface area contributed by atoms with E-state index in [1.165, 1.54) is 5.56 Å². The van der Waals surface area contributed by atoms with E-state index in [0.29, 0.717) is 19.1 Å². The maximum Gasteiger partial charge on any atom is 0.225 e. The molecule has 2 N–H and O–H groups in total. The Balaban J connectivity index is 1.72. The lowest BCUT2D eigenvalue weighted by Crippen LogP contribution is -2.12. The van der Waals surface area contributed by atoms with Crippen molar-refractivity contribution in [1.82, 2.24) is 9.97 Å². The normalized spacial score (nSPS) is 10.5. The Kier molecular flexibility index (Phi) is 7.21. The Morgan fingerprint density at radius 3 is 2.50 bits per heavy atom. The number of methoxy groups -OCH3 is 2. The number of ether oxygens (including phenoxy) is 2. The van der Waals surface area contributed by atoms with Gasteiger partial charge in [0.1, 0.15) is 11.6 Å². The molecule has 0 amide bonds. The summed E-state index contributed by atoms with van der Waals surface area (Å²) in [5.41, 5.74) is 3.12. The molecule has 0 radical (unpaired) electrons. The quantitative estimate of drug-likeness (QED) is 0.522. The van der Waals surface area contributed by atoms with E-state index in [1.807, 2.05) is 54.6 Å². The molecular weight excluding hydrogens is 352 g/mol. The summed E-state index contributed by atoms with van der Waals surface area (Å²) < 4.78 is 10.4. The number of aromatic nitrogens is 2. The third-order valence-electron chi connectivity index (χ3n) is 4.24. The largest absolute Gasteiger partial charge is 0.497 e. The van der Waals surface area contributed by atoms with Crippen molar-refractivity contribution in [2.24, 2.45) is 0 Å². The Morgan fingerprint density at radius 2 is 1.71 bits per heavy atom. The fourth-order valence-electron chi connectivity index (χ4n) is 2.80. The van der Waals surface area contributed by atoms with Gasteiger partial charge in [0.25, 0.3) is 0 Å². The zero-order valence-electron chi connectivity index (χ0n) is 16.3. The molecule has 0 aliphatic heterocycles. The molecule has 6 nitrogen and oxygen atoms in total. The van der Waals surface area contributed by atoms with Crippen LogP contribution in [0.1, 0.15) is 5.56 Å². The van der Waals surface area contributed by atoms with E-state index >= 15 is 0 Å². The highest BCUT2D eigenvalue weighted by atomic mass is 16.5. The van der Waals surface area contributed by atoms with Crippen LogP contribution in [0.2, 0.25) is 0 Å². The summed E-state index contributed by atoms with van der Waals surface area (Å²) in [5.74, 6) is 2.24. The smallest absolute Gasteiger partial charge is 0.225 e. The van der Waals surface area contributed by atoms with Gasteiger partial charge in [0.2, 0.25) is 5.95 Å². The summed E-state index contributed by atoms with van der Waals surface area (Å²) in [6, 6.07) is 20.1. The van der Waals surface area contributed by atoms with Crippen molar-refractivity contribution in [1.29, 1.82) is 0 Å². The Morgan fingerprint density at radius 1 is 0.857 bits per heavy atom. The number of anilines is 2. The van der Waals surface area contributed by atoms with E-state index in [2.05, 4.69) is 26.7 Å². The Hall–Kier alpha value is -3.12. The summed E-state index contributed by atoms with van der Waals surface area (Å²) in [5, 5.41) is 6.62. The van der Waals surface area contributed by atoms with Gasteiger partial charge < -0.3 is 20.1 Å². The molecule has 146 valence electrons. The lowest BCUT2D eigenvalue weighted by molar-refractivity contribution is 0.210. The first kappa shape index (κ1) is 19.6. The van der Waals surface area contributed by atoms with Crippen LogP contribution in [0.3, 0.4) is 0 Å². The molecule has 3 rings (SSSR count). The Labute approximate surface area is 166 Å². The molecule has 28 heavy (non-hydrogen) atoms. The number of rotatable bonds is 10. The second kappa shape index (κ2) is 10.3. The SMILES string of the molecule is COCCNc1cc(-c2ccccc2)nc(NCCc2cccc(OC)c2)n1. The highest BCUT2D eigenvalue weighted by Crippen LogP contribution is 2.21. The third-order valence-corrected chi connectivity index (χ3v) is 4.24. The molecular formula is C22H26N4O2. The maximum absolute atomic E-state index is 5.28. The van der Waals surface area contributed by atoms with Gasteiger partial charge in [-0.25, -0.2) is 4.98 Å². The summed E-state index contributed by atoms with van der Waals surface area (Å²) in [6.07, 6.45) is 0.850. The van der Waals surface area contributed by atoms with Crippen molar-refractivity contribution < 1.29 is 9.47 Å². The molecule has 0 aliphatic carbocycles. The first-order chi connectivity index (χ1) is 13.8. The van der Waals surface area contributed by atoms with Crippen LogP contribution in [0.25, 0.3) is 11.3 Å². The fourth-order valence-corrected chi connectivity index (χ4v) is 2.80. The van der Waals surface area contributed by atoms with E-state index in [9.17, 15) is 0 Å². The van der Waals surface area contributed by atoms with E-state index in [0.717, 1.165) is 35.8 Å². The number of benzene rings is 2. The van der Waals surface area contributed by atoms with Gasteiger partial charge in [-0.15, -0.1) is 0 Å². The van der Waals surface area contributed by atoms with Crippen molar-refractivity contribution in [3.05, 3.63) is 66.2 Å². The first-order valence-corrected chi connectivity index (χ1v) is 9.32. The topological polar surface area (TPSA) is 68.3 Å². The van der Waals surface area contributed by atoms with E-state index < -0.39 is 0 Å². The van der Waals surface area contributed by atoms with Crippen molar-refractivity contribution in [3.8, 4) is 17.0 Å². The van der Waals surface area contributed by atoms with Gasteiger partial charge >= 0.3 is 0 Å². The molecule has 2 aromatic carbocycles. The summed E-state index contributed by atoms with van der Waals surface area (Å²) in [6.45, 7) is 2.02. The standard InChI is InChI=1S/C22H26N4O2/c1-27-14-13-23-21-16-20(18-8-4-3-5-9-18)25-22(26-21)24-12-11-17-7-6-10-19(15-17)28-2/h3-10,15-16H,11-14H2,1-2H3,(H2,23,24,25,26). The molecule has 6 heteroatoms. The summed E-state index contributed by atoms with van der Waals surface area (Å²) >= 11 is 0. The molecule has 0 bridgehead atoms. The molecule has 0 atom stereocenters. The summed E-state index contributed by atoms with van der Waals surface area (Å²) in [4.78, 5) is 9.26. The van der Waals surface area contributed by atoms with Crippen LogP contribution >= 0.6 is 0 Å². The molecule has 0 spiro atoms. The molecule has 0 fully saturated rings. The average Bonchev–Trinajstić information content (AvgIpc) is 2.75. The van der Waals surface area contributed by atoms with Gasteiger partial charge in [-0.3, -0.25) is 0 Å². The van der Waals surface area contributed by atoms with Gasteiger partial charge in [0.15, 0.2) is 0 Å².